The molecule has 1 N–H and O–H groups in total. The average Bonchev–Trinajstić information content (AvgIpc) is 2.46. The van der Waals surface area contributed by atoms with Gasteiger partial charge in [0.25, 0.3) is 5.91 Å². The van der Waals surface area contributed by atoms with Gasteiger partial charge in [0.2, 0.25) is 0 Å². The molecule has 1 amide bonds. The Kier molecular flexibility index (Phi) is 3.28. The quantitative estimate of drug-likeness (QED) is 0.793. The predicted octanol–water partition coefficient (Wildman–Crippen LogP) is 1.23. The van der Waals surface area contributed by atoms with Gasteiger partial charge >= 0.3 is 5.63 Å². The SMILES string of the molecule is C[C@@H]1CN(C(=O)c2cc3ccccc3oc2=O)CCN1. The topological polar surface area (TPSA) is 62.6 Å². The zero-order valence-electron chi connectivity index (χ0n) is 11.3. The van der Waals surface area contributed by atoms with Gasteiger partial charge in [0.15, 0.2) is 0 Å². The molecular weight excluding hydrogens is 256 g/mol. The number of carbonyl (C=O) groups excluding carboxylic acids is 1. The van der Waals surface area contributed by atoms with Crippen LogP contribution in [0.2, 0.25) is 0 Å². The lowest BCUT2D eigenvalue weighted by Gasteiger charge is -2.31. The van der Waals surface area contributed by atoms with E-state index in [1.807, 2.05) is 19.1 Å². The van der Waals surface area contributed by atoms with Crippen LogP contribution in [0.3, 0.4) is 0 Å². The van der Waals surface area contributed by atoms with E-state index in [0.29, 0.717) is 18.7 Å². The highest BCUT2D eigenvalue weighted by Gasteiger charge is 2.24. The van der Waals surface area contributed by atoms with E-state index in [1.54, 1.807) is 23.1 Å². The number of rotatable bonds is 1. The minimum atomic E-state index is -0.570. The average molecular weight is 272 g/mol. The van der Waals surface area contributed by atoms with E-state index in [2.05, 4.69) is 5.32 Å². The Morgan fingerprint density at radius 2 is 2.20 bits per heavy atom. The van der Waals surface area contributed by atoms with Gasteiger partial charge in [-0.3, -0.25) is 4.79 Å². The van der Waals surface area contributed by atoms with E-state index in [9.17, 15) is 9.59 Å². The lowest BCUT2D eigenvalue weighted by molar-refractivity contribution is 0.0705. The van der Waals surface area contributed by atoms with Crippen molar-refractivity contribution in [2.75, 3.05) is 19.6 Å². The summed E-state index contributed by atoms with van der Waals surface area (Å²) in [5.74, 6) is -0.252. The van der Waals surface area contributed by atoms with Gasteiger partial charge in [0.1, 0.15) is 11.1 Å². The van der Waals surface area contributed by atoms with Crippen LogP contribution in [0.15, 0.2) is 39.5 Å². The van der Waals surface area contributed by atoms with Crippen LogP contribution in [0.4, 0.5) is 0 Å². The highest BCUT2D eigenvalue weighted by atomic mass is 16.4. The number of nitrogens with zero attached hydrogens (tertiary/aromatic N) is 1. The van der Waals surface area contributed by atoms with Gasteiger partial charge in [0, 0.05) is 31.1 Å². The third kappa shape index (κ3) is 2.32. The number of amides is 1. The van der Waals surface area contributed by atoms with Crippen molar-refractivity contribution in [3.8, 4) is 0 Å². The summed E-state index contributed by atoms with van der Waals surface area (Å²) in [6, 6.07) is 9.05. The lowest BCUT2D eigenvalue weighted by Crippen LogP contribution is -2.51. The molecule has 2 heterocycles. The van der Waals surface area contributed by atoms with Gasteiger partial charge in [-0.25, -0.2) is 4.79 Å². The molecule has 5 heteroatoms. The second-order valence-corrected chi connectivity index (χ2v) is 5.09. The van der Waals surface area contributed by atoms with Crippen molar-refractivity contribution in [2.24, 2.45) is 0 Å². The molecule has 0 bridgehead atoms. The zero-order valence-corrected chi connectivity index (χ0v) is 11.3. The Morgan fingerprint density at radius 1 is 1.40 bits per heavy atom. The highest BCUT2D eigenvalue weighted by molar-refractivity contribution is 5.96. The van der Waals surface area contributed by atoms with Crippen LogP contribution in [0.5, 0.6) is 0 Å². The van der Waals surface area contributed by atoms with Gasteiger partial charge in [0.05, 0.1) is 0 Å². The Morgan fingerprint density at radius 3 is 3.00 bits per heavy atom. The van der Waals surface area contributed by atoms with Crippen molar-refractivity contribution in [1.82, 2.24) is 10.2 Å². The van der Waals surface area contributed by atoms with Gasteiger partial charge < -0.3 is 14.6 Å². The molecule has 0 spiro atoms. The summed E-state index contributed by atoms with van der Waals surface area (Å²) in [5.41, 5.74) is 0.0421. The van der Waals surface area contributed by atoms with E-state index in [4.69, 9.17) is 4.42 Å². The number of piperazine rings is 1. The Bertz CT molecular complexity index is 708. The van der Waals surface area contributed by atoms with Gasteiger partial charge in [-0.15, -0.1) is 0 Å². The van der Waals surface area contributed by atoms with Gasteiger partial charge in [-0.1, -0.05) is 18.2 Å². The molecule has 0 aliphatic carbocycles. The largest absolute Gasteiger partial charge is 0.422 e. The summed E-state index contributed by atoms with van der Waals surface area (Å²) in [6.07, 6.45) is 0. The van der Waals surface area contributed by atoms with Crippen molar-refractivity contribution in [3.63, 3.8) is 0 Å². The minimum Gasteiger partial charge on any atom is -0.422 e. The lowest BCUT2D eigenvalue weighted by atomic mass is 10.1. The molecule has 1 fully saturated rings. The minimum absolute atomic E-state index is 0.109. The second-order valence-electron chi connectivity index (χ2n) is 5.09. The summed E-state index contributed by atoms with van der Waals surface area (Å²) in [5, 5.41) is 4.03. The van der Waals surface area contributed by atoms with E-state index >= 15 is 0 Å². The van der Waals surface area contributed by atoms with Gasteiger partial charge in [-0.05, 0) is 19.1 Å². The molecule has 0 saturated carbocycles. The fraction of sp³-hybridized carbons (Fsp3) is 0.333. The number of benzene rings is 1. The van der Waals surface area contributed by atoms with E-state index in [0.717, 1.165) is 11.9 Å². The molecule has 3 rings (SSSR count). The third-order valence-corrected chi connectivity index (χ3v) is 3.53. The Hall–Kier alpha value is -2.14. The summed E-state index contributed by atoms with van der Waals surface area (Å²) in [7, 11) is 0. The van der Waals surface area contributed by atoms with Crippen molar-refractivity contribution in [3.05, 3.63) is 46.3 Å². The molecule has 20 heavy (non-hydrogen) atoms. The maximum atomic E-state index is 12.4. The summed E-state index contributed by atoms with van der Waals surface area (Å²) < 4.78 is 5.21. The molecule has 1 atom stereocenters. The van der Waals surface area contributed by atoms with Crippen LogP contribution in [0.25, 0.3) is 11.0 Å². The first-order chi connectivity index (χ1) is 9.65. The first-order valence-corrected chi connectivity index (χ1v) is 6.71. The fourth-order valence-corrected chi connectivity index (χ4v) is 2.50. The Labute approximate surface area is 116 Å². The molecule has 104 valence electrons. The Balaban J connectivity index is 1.98. The first-order valence-electron chi connectivity index (χ1n) is 6.71. The number of para-hydroxylation sites is 1. The maximum Gasteiger partial charge on any atom is 0.349 e. The van der Waals surface area contributed by atoms with Crippen LogP contribution >= 0.6 is 0 Å². The summed E-state index contributed by atoms with van der Waals surface area (Å²) in [4.78, 5) is 26.1. The fourth-order valence-electron chi connectivity index (χ4n) is 2.50. The molecule has 1 saturated heterocycles. The predicted molar refractivity (Wildman–Crippen MR) is 75.9 cm³/mol. The molecule has 1 aromatic carbocycles. The van der Waals surface area contributed by atoms with Crippen LogP contribution in [0, 0.1) is 0 Å². The molecule has 1 aliphatic heterocycles. The molecule has 2 aromatic rings. The number of carbonyl (C=O) groups is 1. The van der Waals surface area contributed by atoms with Gasteiger partial charge in [-0.2, -0.15) is 0 Å². The number of fused-ring (bicyclic) bond motifs is 1. The molecule has 1 aliphatic rings. The highest BCUT2D eigenvalue weighted by Crippen LogP contribution is 2.14. The second kappa shape index (κ2) is 5.09. The zero-order chi connectivity index (χ0) is 14.1. The normalized spacial score (nSPS) is 19.2. The molecular formula is C15H16N2O3. The standard InChI is InChI=1S/C15H16N2O3/c1-10-9-17(7-6-16-10)14(18)12-8-11-4-2-3-5-13(11)20-15(12)19/h2-5,8,10,16H,6-7,9H2,1H3/t10-/m1/s1. The third-order valence-electron chi connectivity index (χ3n) is 3.53. The van der Waals surface area contributed by atoms with Crippen LogP contribution in [-0.4, -0.2) is 36.5 Å². The van der Waals surface area contributed by atoms with Crippen molar-refractivity contribution in [2.45, 2.75) is 13.0 Å². The molecule has 0 radical (unpaired) electrons. The molecule has 0 unspecified atom stereocenters. The summed E-state index contributed by atoms with van der Waals surface area (Å²) in [6.45, 7) is 3.97. The summed E-state index contributed by atoms with van der Waals surface area (Å²) >= 11 is 0. The maximum absolute atomic E-state index is 12.4. The monoisotopic (exact) mass is 272 g/mol. The van der Waals surface area contributed by atoms with Crippen LogP contribution in [-0.2, 0) is 0 Å². The molecule has 1 aromatic heterocycles. The van der Waals surface area contributed by atoms with Crippen molar-refractivity contribution >= 4 is 16.9 Å². The van der Waals surface area contributed by atoms with E-state index in [-0.39, 0.29) is 17.5 Å². The molecule has 5 nitrogen and oxygen atoms in total. The number of hydrogen-bond donors (Lipinski definition) is 1. The number of hydrogen-bond acceptors (Lipinski definition) is 4. The van der Waals surface area contributed by atoms with Crippen LogP contribution < -0.4 is 10.9 Å². The van der Waals surface area contributed by atoms with E-state index in [1.165, 1.54) is 0 Å². The number of nitrogens with one attached hydrogen (secondary N) is 1. The smallest absolute Gasteiger partial charge is 0.349 e. The van der Waals surface area contributed by atoms with Crippen molar-refractivity contribution in [1.29, 1.82) is 0 Å². The van der Waals surface area contributed by atoms with E-state index < -0.39 is 5.63 Å². The van der Waals surface area contributed by atoms with Crippen LogP contribution in [0.1, 0.15) is 17.3 Å². The van der Waals surface area contributed by atoms with Crippen molar-refractivity contribution < 1.29 is 9.21 Å². The first kappa shape index (κ1) is 12.9.